The first kappa shape index (κ1) is 116. The minimum absolute atomic E-state index is 0. The van der Waals surface area contributed by atoms with Crippen molar-refractivity contribution in [1.82, 2.24) is 0 Å². The molecule has 0 aliphatic rings. The quantitative estimate of drug-likeness (QED) is 0.262. The summed E-state index contributed by atoms with van der Waals surface area (Å²) in [5, 5.41) is 0. The maximum Gasteiger partial charge on any atom is 0 e. The third-order valence-electron chi connectivity index (χ3n) is 0. The Balaban J connectivity index is 0. The number of hydrogen-bond acceptors (Lipinski definition) is 0. The topological polar surface area (TPSA) is 0 Å². The van der Waals surface area contributed by atoms with Gasteiger partial charge in [-0.25, -0.2) is 0 Å². The zero-order valence-electron chi connectivity index (χ0n) is 5.01. The summed E-state index contributed by atoms with van der Waals surface area (Å²) >= 11 is 0. The van der Waals surface area contributed by atoms with Crippen LogP contribution in [0.5, 0.6) is 0 Å². The van der Waals surface area contributed by atoms with Crippen LogP contribution in [0.1, 0.15) is 0 Å². The Morgan fingerprint density at radius 1 is 0.182 bits per heavy atom. The fourth-order valence-electron chi connectivity index (χ4n) is 0. The first-order valence-corrected chi connectivity index (χ1v) is 0. The monoisotopic (exact) mass is 680 g/mol. The van der Waals surface area contributed by atoms with Gasteiger partial charge in [-0.3, -0.25) is 0 Å². The standard InChI is InChI=1S/6Fe.5Ga. The first-order chi connectivity index (χ1) is 0. The van der Waals surface area contributed by atoms with Gasteiger partial charge in [0.05, 0.1) is 0 Å². The maximum atomic E-state index is 0. The van der Waals surface area contributed by atoms with Crippen molar-refractivity contribution in [3.8, 4) is 0 Å². The van der Waals surface area contributed by atoms with E-state index in [-0.39, 0.29) is 201 Å². The molecule has 0 bridgehead atoms. The summed E-state index contributed by atoms with van der Waals surface area (Å²) in [5.41, 5.74) is 0. The van der Waals surface area contributed by atoms with E-state index < -0.39 is 0 Å². The van der Waals surface area contributed by atoms with Gasteiger partial charge in [0.1, 0.15) is 0 Å². The van der Waals surface area contributed by atoms with Gasteiger partial charge in [-0.1, -0.05) is 0 Å². The van der Waals surface area contributed by atoms with E-state index in [4.69, 9.17) is 0 Å². The first-order valence-electron chi connectivity index (χ1n) is 0. The molecule has 0 aromatic carbocycles. The SMILES string of the molecule is [Fe].[Fe].[Fe].[Fe].[Fe].[Fe].[Ga].[Ga].[Ga].[Ga].[Ga]. The van der Waals surface area contributed by atoms with Gasteiger partial charge in [0.15, 0.2) is 0 Å². The molecule has 11 heavy (non-hydrogen) atoms. The molecule has 0 N–H and O–H groups in total. The third-order valence-corrected chi connectivity index (χ3v) is 0. The van der Waals surface area contributed by atoms with Crippen molar-refractivity contribution >= 4 is 99.0 Å². The van der Waals surface area contributed by atoms with Crippen LogP contribution in [0.2, 0.25) is 0 Å². The van der Waals surface area contributed by atoms with Crippen LogP contribution in [0.15, 0.2) is 0 Å². The summed E-state index contributed by atoms with van der Waals surface area (Å²) < 4.78 is 0. The van der Waals surface area contributed by atoms with Crippen LogP contribution in [-0.4, -0.2) is 99.0 Å². The van der Waals surface area contributed by atoms with Crippen LogP contribution in [0, 0.1) is 0 Å². The molecule has 0 fully saturated rings. The van der Waals surface area contributed by atoms with E-state index in [0.29, 0.717) is 0 Å². The second-order valence-corrected chi connectivity index (χ2v) is 0. The van der Waals surface area contributed by atoms with E-state index in [9.17, 15) is 0 Å². The van der Waals surface area contributed by atoms with Crippen LogP contribution < -0.4 is 0 Å². The second-order valence-electron chi connectivity index (χ2n) is 0. The summed E-state index contributed by atoms with van der Waals surface area (Å²) in [7, 11) is 0. The van der Waals surface area contributed by atoms with Crippen molar-refractivity contribution in [2.75, 3.05) is 0 Å². The smallest absolute Gasteiger partial charge is 0 e. The fourth-order valence-corrected chi connectivity index (χ4v) is 0. The minimum Gasteiger partial charge on any atom is 0 e. The molecule has 0 atom stereocenters. The van der Waals surface area contributed by atoms with Gasteiger partial charge in [0, 0.05) is 201 Å². The molecule has 0 rings (SSSR count). The van der Waals surface area contributed by atoms with Gasteiger partial charge < -0.3 is 0 Å². The largest absolute Gasteiger partial charge is 0 e. The van der Waals surface area contributed by atoms with Crippen molar-refractivity contribution in [3.05, 3.63) is 0 Å². The van der Waals surface area contributed by atoms with Gasteiger partial charge in [-0.15, -0.1) is 0 Å². The molecule has 0 aliphatic heterocycles. The molecule has 15 radical (unpaired) electrons. The van der Waals surface area contributed by atoms with E-state index in [1.165, 1.54) is 0 Å². The molecule has 0 spiro atoms. The summed E-state index contributed by atoms with van der Waals surface area (Å²) in [5.74, 6) is 0. The van der Waals surface area contributed by atoms with Crippen LogP contribution in [-0.2, 0) is 102 Å². The minimum atomic E-state index is 0. The maximum absolute atomic E-state index is 0. The van der Waals surface area contributed by atoms with Crippen molar-refractivity contribution < 1.29 is 102 Å². The van der Waals surface area contributed by atoms with Crippen LogP contribution in [0.25, 0.3) is 0 Å². The van der Waals surface area contributed by atoms with E-state index in [1.807, 2.05) is 0 Å². The fraction of sp³-hybridized carbons (Fsp3) is 0. The summed E-state index contributed by atoms with van der Waals surface area (Å²) in [6.07, 6.45) is 0. The van der Waals surface area contributed by atoms with Crippen LogP contribution in [0.3, 0.4) is 0 Å². The van der Waals surface area contributed by atoms with E-state index >= 15 is 0 Å². The molecule has 0 heterocycles. The molecule has 0 unspecified atom stereocenters. The van der Waals surface area contributed by atoms with Gasteiger partial charge in [0.25, 0.3) is 0 Å². The Morgan fingerprint density at radius 2 is 0.182 bits per heavy atom. The molecule has 0 nitrogen and oxygen atoms in total. The average molecular weight is 684 g/mol. The van der Waals surface area contributed by atoms with Crippen molar-refractivity contribution in [1.29, 1.82) is 0 Å². The zero-order chi connectivity index (χ0) is 0. The molecular weight excluding hydrogens is 684 g/mol. The average Bonchev–Trinajstić information content (AvgIpc) is 0. The van der Waals surface area contributed by atoms with Crippen molar-refractivity contribution in [3.63, 3.8) is 0 Å². The molecule has 63 valence electrons. The molecule has 0 aromatic heterocycles. The van der Waals surface area contributed by atoms with Crippen molar-refractivity contribution in [2.24, 2.45) is 0 Å². The van der Waals surface area contributed by atoms with E-state index in [0.717, 1.165) is 0 Å². The molecule has 0 amide bonds. The Bertz CT molecular complexity index is 10.9. The summed E-state index contributed by atoms with van der Waals surface area (Å²) in [6.45, 7) is 0. The second kappa shape index (κ2) is 96.2. The summed E-state index contributed by atoms with van der Waals surface area (Å²) in [6, 6.07) is 0. The zero-order valence-corrected chi connectivity index (χ0v) is 23.7. The molecule has 11 heteroatoms. The van der Waals surface area contributed by atoms with Crippen molar-refractivity contribution in [2.45, 2.75) is 0 Å². The Hall–Kier alpha value is 6.30. The molecule has 0 aromatic rings. The Labute approximate surface area is 197 Å². The van der Waals surface area contributed by atoms with Gasteiger partial charge in [0.2, 0.25) is 0 Å². The molecule has 0 saturated heterocycles. The van der Waals surface area contributed by atoms with Crippen LogP contribution in [0.4, 0.5) is 0 Å². The van der Waals surface area contributed by atoms with E-state index in [1.54, 1.807) is 0 Å². The number of hydrogen-bond donors (Lipinski definition) is 0. The predicted octanol–water partition coefficient (Wildman–Crippen LogP) is -1.92. The molecule has 0 saturated carbocycles. The Morgan fingerprint density at radius 3 is 0.182 bits per heavy atom. The van der Waals surface area contributed by atoms with Gasteiger partial charge in [-0.05, 0) is 0 Å². The third kappa shape index (κ3) is 84.0. The summed E-state index contributed by atoms with van der Waals surface area (Å²) in [4.78, 5) is 0. The predicted molar refractivity (Wildman–Crippen MR) is 28.8 cm³/mol. The van der Waals surface area contributed by atoms with Gasteiger partial charge >= 0.3 is 0 Å². The molecule has 0 aliphatic carbocycles. The normalized spacial score (nSPS) is 0. The molecular formula is Fe6Ga5. The Kier molecular flexibility index (Phi) is 1010. The van der Waals surface area contributed by atoms with E-state index in [2.05, 4.69) is 0 Å². The number of rotatable bonds is 0. The van der Waals surface area contributed by atoms with Crippen LogP contribution >= 0.6 is 0 Å². The van der Waals surface area contributed by atoms with Gasteiger partial charge in [-0.2, -0.15) is 0 Å².